The molecule has 0 N–H and O–H groups in total. The number of rotatable bonds is 2. The van der Waals surface area contributed by atoms with E-state index in [0.717, 1.165) is 0 Å². The van der Waals surface area contributed by atoms with E-state index in [1.807, 2.05) is 6.07 Å². The smallest absolute Gasteiger partial charge is 0.258 e. The van der Waals surface area contributed by atoms with Crippen LogP contribution in [-0.4, -0.2) is 4.92 Å². The van der Waals surface area contributed by atoms with Crippen molar-refractivity contribution in [2.45, 2.75) is 4.83 Å². The van der Waals surface area contributed by atoms with Gasteiger partial charge >= 0.3 is 0 Å². The van der Waals surface area contributed by atoms with E-state index in [4.69, 9.17) is 5.26 Å². The van der Waals surface area contributed by atoms with Gasteiger partial charge in [0, 0.05) is 12.1 Å². The second kappa shape index (κ2) is 4.01. The maximum atomic E-state index is 10.3. The molecule has 66 valence electrons. The average Bonchev–Trinajstić information content (AvgIpc) is 2.17. The fraction of sp³-hybridized carbons (Fsp3) is 0.125. The molecule has 0 radical (unpaired) electrons. The molecule has 1 aromatic carbocycles. The molecule has 13 heavy (non-hydrogen) atoms. The number of hydrogen-bond acceptors (Lipinski definition) is 3. The molecule has 1 aromatic rings. The van der Waals surface area contributed by atoms with Gasteiger partial charge in [-0.1, -0.05) is 28.1 Å². The first-order valence-electron chi connectivity index (χ1n) is 3.43. The second-order valence-electron chi connectivity index (χ2n) is 2.34. The van der Waals surface area contributed by atoms with Crippen LogP contribution in [0.5, 0.6) is 0 Å². The highest BCUT2D eigenvalue weighted by Gasteiger charge is 2.08. The van der Waals surface area contributed by atoms with Crippen LogP contribution >= 0.6 is 15.9 Å². The van der Waals surface area contributed by atoms with Crippen LogP contribution < -0.4 is 0 Å². The van der Waals surface area contributed by atoms with Gasteiger partial charge in [-0.05, 0) is 5.56 Å². The lowest BCUT2D eigenvalue weighted by atomic mass is 10.1. The fourth-order valence-electron chi connectivity index (χ4n) is 0.840. The minimum Gasteiger partial charge on any atom is -0.258 e. The molecule has 0 spiro atoms. The molecule has 1 atom stereocenters. The van der Waals surface area contributed by atoms with Crippen LogP contribution in [-0.2, 0) is 0 Å². The van der Waals surface area contributed by atoms with Crippen LogP contribution in [0.2, 0.25) is 0 Å². The van der Waals surface area contributed by atoms with Crippen LogP contribution in [0.15, 0.2) is 24.3 Å². The summed E-state index contributed by atoms with van der Waals surface area (Å²) in [7, 11) is 0. The van der Waals surface area contributed by atoms with Crippen molar-refractivity contribution in [3.8, 4) is 6.07 Å². The van der Waals surface area contributed by atoms with Gasteiger partial charge in [0.2, 0.25) is 0 Å². The second-order valence-corrected chi connectivity index (χ2v) is 3.26. The van der Waals surface area contributed by atoms with Crippen LogP contribution in [0.1, 0.15) is 10.4 Å². The predicted octanol–water partition coefficient (Wildman–Crippen LogP) is 2.55. The molecule has 0 aliphatic rings. The molecule has 0 bridgehead atoms. The minimum absolute atomic E-state index is 0.0291. The Labute approximate surface area is 83.1 Å². The normalized spacial score (nSPS) is 11.7. The lowest BCUT2D eigenvalue weighted by molar-refractivity contribution is -0.384. The number of alkyl halides is 1. The SMILES string of the molecule is N#C[C@H](Br)c1ccc([N+](=O)[O-])cc1. The van der Waals surface area contributed by atoms with Gasteiger partial charge in [-0.15, -0.1) is 0 Å². The number of benzene rings is 1. The van der Waals surface area contributed by atoms with Crippen LogP contribution in [0, 0.1) is 21.4 Å². The molecule has 0 saturated carbocycles. The summed E-state index contributed by atoms with van der Waals surface area (Å²) in [6.07, 6.45) is 0. The lowest BCUT2D eigenvalue weighted by Crippen LogP contribution is -1.89. The average molecular weight is 241 g/mol. The van der Waals surface area contributed by atoms with Crippen LogP contribution in [0.25, 0.3) is 0 Å². The predicted molar refractivity (Wildman–Crippen MR) is 50.4 cm³/mol. The van der Waals surface area contributed by atoms with Gasteiger partial charge in [-0.2, -0.15) is 5.26 Å². The Balaban J connectivity index is 2.95. The first kappa shape index (κ1) is 9.68. The highest BCUT2D eigenvalue weighted by molar-refractivity contribution is 9.09. The zero-order valence-electron chi connectivity index (χ0n) is 6.48. The van der Waals surface area contributed by atoms with Gasteiger partial charge in [0.05, 0.1) is 11.0 Å². The number of halogens is 1. The third kappa shape index (κ3) is 2.26. The summed E-state index contributed by atoms with van der Waals surface area (Å²) in [6, 6.07) is 7.84. The third-order valence-corrected chi connectivity index (χ3v) is 2.24. The number of hydrogen-bond donors (Lipinski definition) is 0. The molecular formula is C8H5BrN2O2. The van der Waals surface area contributed by atoms with E-state index < -0.39 is 9.75 Å². The molecule has 4 nitrogen and oxygen atoms in total. The number of nitro benzene ring substituents is 1. The zero-order valence-corrected chi connectivity index (χ0v) is 8.06. The first-order valence-corrected chi connectivity index (χ1v) is 4.34. The van der Waals surface area contributed by atoms with Crippen LogP contribution in [0.4, 0.5) is 5.69 Å². The third-order valence-electron chi connectivity index (χ3n) is 1.51. The van der Waals surface area contributed by atoms with Crippen molar-refractivity contribution in [2.75, 3.05) is 0 Å². The number of nitro groups is 1. The summed E-state index contributed by atoms with van der Waals surface area (Å²) in [4.78, 5) is 9.40. The molecular weight excluding hydrogens is 236 g/mol. The molecule has 0 saturated heterocycles. The van der Waals surface area contributed by atoms with Crippen molar-refractivity contribution in [3.05, 3.63) is 39.9 Å². The monoisotopic (exact) mass is 240 g/mol. The summed E-state index contributed by atoms with van der Waals surface area (Å²) in [6.45, 7) is 0. The van der Waals surface area contributed by atoms with E-state index in [1.165, 1.54) is 12.1 Å². The van der Waals surface area contributed by atoms with Gasteiger partial charge in [0.1, 0.15) is 4.83 Å². The summed E-state index contributed by atoms with van der Waals surface area (Å²) in [5, 5.41) is 18.8. The first-order chi connectivity index (χ1) is 6.15. The molecule has 0 aliphatic carbocycles. The summed E-state index contributed by atoms with van der Waals surface area (Å²) < 4.78 is 0. The van der Waals surface area contributed by atoms with Gasteiger partial charge < -0.3 is 0 Å². The van der Waals surface area contributed by atoms with Crippen molar-refractivity contribution in [3.63, 3.8) is 0 Å². The Hall–Kier alpha value is -1.41. The van der Waals surface area contributed by atoms with Crippen molar-refractivity contribution in [1.29, 1.82) is 5.26 Å². The molecule has 0 aliphatic heterocycles. The maximum absolute atomic E-state index is 10.3. The fourth-order valence-corrected chi connectivity index (χ4v) is 1.14. The summed E-state index contributed by atoms with van der Waals surface area (Å²) >= 11 is 3.12. The minimum atomic E-state index is -0.473. The molecule has 0 amide bonds. The molecule has 0 aromatic heterocycles. The van der Waals surface area contributed by atoms with Gasteiger partial charge in [-0.3, -0.25) is 10.1 Å². The number of non-ortho nitro benzene ring substituents is 1. The Kier molecular flexibility index (Phi) is 2.98. The Morgan fingerprint density at radius 2 is 2.00 bits per heavy atom. The van der Waals surface area contributed by atoms with E-state index in [9.17, 15) is 10.1 Å². The zero-order chi connectivity index (χ0) is 9.84. The van der Waals surface area contributed by atoms with E-state index in [-0.39, 0.29) is 5.69 Å². The molecule has 1 rings (SSSR count). The highest BCUT2D eigenvalue weighted by atomic mass is 79.9. The van der Waals surface area contributed by atoms with Crippen LogP contribution in [0.3, 0.4) is 0 Å². The topological polar surface area (TPSA) is 66.9 Å². The van der Waals surface area contributed by atoms with Crippen molar-refractivity contribution in [1.82, 2.24) is 0 Å². The van der Waals surface area contributed by atoms with E-state index in [2.05, 4.69) is 15.9 Å². The van der Waals surface area contributed by atoms with E-state index in [0.29, 0.717) is 5.56 Å². The van der Waals surface area contributed by atoms with Crippen molar-refractivity contribution in [2.24, 2.45) is 0 Å². The van der Waals surface area contributed by atoms with Crippen molar-refractivity contribution >= 4 is 21.6 Å². The molecule has 0 unspecified atom stereocenters. The largest absolute Gasteiger partial charge is 0.269 e. The number of nitriles is 1. The van der Waals surface area contributed by atoms with E-state index >= 15 is 0 Å². The molecule has 0 fully saturated rings. The van der Waals surface area contributed by atoms with Gasteiger partial charge in [-0.25, -0.2) is 0 Å². The Bertz CT molecular complexity index is 355. The highest BCUT2D eigenvalue weighted by Crippen LogP contribution is 2.23. The maximum Gasteiger partial charge on any atom is 0.269 e. The molecule has 0 heterocycles. The standard InChI is InChI=1S/C8H5BrN2O2/c9-8(5-10)6-1-3-7(4-2-6)11(12)13/h1-4,8H/t8-/m0/s1. The van der Waals surface area contributed by atoms with Gasteiger partial charge in [0.15, 0.2) is 0 Å². The lowest BCUT2D eigenvalue weighted by Gasteiger charge is -1.98. The van der Waals surface area contributed by atoms with Crippen molar-refractivity contribution < 1.29 is 4.92 Å². The molecule has 5 heteroatoms. The number of nitrogens with zero attached hydrogens (tertiary/aromatic N) is 2. The summed E-state index contributed by atoms with van der Waals surface area (Å²) in [5.41, 5.74) is 0.745. The summed E-state index contributed by atoms with van der Waals surface area (Å²) in [5.74, 6) is 0. The Morgan fingerprint density at radius 3 is 2.38 bits per heavy atom. The van der Waals surface area contributed by atoms with E-state index in [1.54, 1.807) is 12.1 Å². The Morgan fingerprint density at radius 1 is 1.46 bits per heavy atom. The quantitative estimate of drug-likeness (QED) is 0.454. The van der Waals surface area contributed by atoms with Gasteiger partial charge in [0.25, 0.3) is 5.69 Å².